The highest BCUT2D eigenvalue weighted by atomic mass is 16.7. The lowest BCUT2D eigenvalue weighted by atomic mass is 9.98. The normalized spacial score (nSPS) is 26.2. The number of carbonyl (C=O) groups is 2. The van der Waals surface area contributed by atoms with Crippen molar-refractivity contribution in [3.05, 3.63) is 60.8 Å². The molecule has 2 heterocycles. The average Bonchev–Trinajstić information content (AvgIpc) is 3.33. The SMILES string of the molecule is CCCCCC/C=C/C=C/CCCCCCCC(=O)OC[C@H](CO[C@H]1O[C@@H](CO[C@H]2O[C@@H](CO)[C@@H](O)C(O)C2O)[C@@H](O)C(O)C1O)OC(=O)CCC/C=C/C/C=C/C/C=C/CCCCCCCC. The fourth-order valence-corrected chi connectivity index (χ4v) is 7.69. The molecule has 0 amide bonds. The van der Waals surface area contributed by atoms with Crippen LogP contribution in [0.3, 0.4) is 0 Å². The summed E-state index contributed by atoms with van der Waals surface area (Å²) in [6.45, 7) is 2.48. The molecule has 0 aliphatic carbocycles. The number of ether oxygens (including phenoxy) is 6. The Balaban J connectivity index is 1.85. The van der Waals surface area contributed by atoms with Crippen molar-refractivity contribution in [1.82, 2.24) is 0 Å². The van der Waals surface area contributed by atoms with Crippen LogP contribution in [0.4, 0.5) is 0 Å². The molecule has 2 saturated heterocycles. The average molecular weight is 967 g/mol. The second-order valence-electron chi connectivity index (χ2n) is 18.0. The van der Waals surface area contributed by atoms with Crippen molar-refractivity contribution >= 4 is 11.9 Å². The summed E-state index contributed by atoms with van der Waals surface area (Å²) in [6.07, 6.45) is 28.2. The number of unbranched alkanes of at least 4 members (excludes halogenated alkanes) is 16. The summed E-state index contributed by atoms with van der Waals surface area (Å²) < 4.78 is 33.5. The maximum Gasteiger partial charge on any atom is 0.306 e. The largest absolute Gasteiger partial charge is 0.462 e. The molecule has 2 aliphatic heterocycles. The summed E-state index contributed by atoms with van der Waals surface area (Å²) >= 11 is 0. The zero-order valence-corrected chi connectivity index (χ0v) is 41.3. The number of aliphatic hydroxyl groups excluding tert-OH is 7. The van der Waals surface area contributed by atoms with Crippen molar-refractivity contribution in [3.8, 4) is 0 Å². The molecular weight excluding hydrogens is 877 g/mol. The van der Waals surface area contributed by atoms with Gasteiger partial charge in [-0.25, -0.2) is 0 Å². The lowest BCUT2D eigenvalue weighted by molar-refractivity contribution is -0.332. The van der Waals surface area contributed by atoms with Gasteiger partial charge in [-0.3, -0.25) is 9.59 Å². The molecule has 0 spiro atoms. The van der Waals surface area contributed by atoms with Crippen LogP contribution in [0, 0.1) is 0 Å². The van der Waals surface area contributed by atoms with Crippen molar-refractivity contribution in [2.45, 2.75) is 235 Å². The molecule has 4 unspecified atom stereocenters. The van der Waals surface area contributed by atoms with Gasteiger partial charge in [0, 0.05) is 12.8 Å². The molecule has 0 bridgehead atoms. The Morgan fingerprint density at radius 1 is 0.485 bits per heavy atom. The van der Waals surface area contributed by atoms with E-state index < -0.39 is 99.3 Å². The van der Waals surface area contributed by atoms with Gasteiger partial charge in [-0.15, -0.1) is 0 Å². The monoisotopic (exact) mass is 967 g/mol. The van der Waals surface area contributed by atoms with Crippen LogP contribution in [0.15, 0.2) is 60.8 Å². The molecule has 11 atom stereocenters. The number of rotatable bonds is 39. The highest BCUT2D eigenvalue weighted by Crippen LogP contribution is 2.26. The van der Waals surface area contributed by atoms with Gasteiger partial charge in [0.2, 0.25) is 0 Å². The second kappa shape index (κ2) is 39.9. The van der Waals surface area contributed by atoms with Gasteiger partial charge in [-0.1, -0.05) is 145 Å². The standard InChI is InChI=1S/C53H90O15/c1-3-5-7-9-11-13-15-17-19-20-22-24-26-28-30-32-34-36-45(56)66-41(38-63-44(55)35-33-31-29-27-25-23-21-18-16-14-12-10-8-6-4-2)39-64-52-51(62)49(60)47(58)43(68-52)40-65-53-50(61)48(59)46(57)42(37-54)67-53/h14,16-19,21-22,24,28,30,41-43,46-54,57-62H,3-13,15,20,23,25-27,29,31-40H2,1-2H3/b16-14+,19-17+,21-18+,24-22+,30-28+/t41-,42+,43+,46-,47-,48?,49?,50?,51?,52+,53+/m1/s1. The Kier molecular flexibility index (Phi) is 36.0. The minimum atomic E-state index is -1.78. The van der Waals surface area contributed by atoms with Crippen molar-refractivity contribution in [2.75, 3.05) is 26.4 Å². The summed E-state index contributed by atoms with van der Waals surface area (Å²) in [5, 5.41) is 72.1. The molecule has 7 N–H and O–H groups in total. The Labute approximate surface area is 407 Å². The van der Waals surface area contributed by atoms with E-state index >= 15 is 0 Å². The maximum absolute atomic E-state index is 13.0. The van der Waals surface area contributed by atoms with Crippen molar-refractivity contribution < 1.29 is 73.8 Å². The molecule has 0 saturated carbocycles. The highest BCUT2D eigenvalue weighted by molar-refractivity contribution is 5.70. The van der Waals surface area contributed by atoms with Crippen LogP contribution in [0.25, 0.3) is 0 Å². The van der Waals surface area contributed by atoms with Gasteiger partial charge in [0.25, 0.3) is 0 Å². The molecule has 0 radical (unpaired) electrons. The minimum absolute atomic E-state index is 0.0878. The zero-order valence-electron chi connectivity index (χ0n) is 41.3. The smallest absolute Gasteiger partial charge is 0.306 e. The van der Waals surface area contributed by atoms with E-state index in [-0.39, 0.29) is 19.4 Å². The predicted molar refractivity (Wildman–Crippen MR) is 261 cm³/mol. The molecule has 0 aromatic carbocycles. The molecule has 15 heteroatoms. The van der Waals surface area contributed by atoms with Crippen molar-refractivity contribution in [2.24, 2.45) is 0 Å². The molecule has 392 valence electrons. The Hall–Kier alpha value is -2.80. The fraction of sp³-hybridized carbons (Fsp3) is 0.774. The topological polar surface area (TPSA) is 231 Å². The summed E-state index contributed by atoms with van der Waals surface area (Å²) in [5.41, 5.74) is 0. The van der Waals surface area contributed by atoms with E-state index in [1.807, 2.05) is 6.08 Å². The maximum atomic E-state index is 13.0. The quantitative estimate of drug-likeness (QED) is 0.0139. The van der Waals surface area contributed by atoms with E-state index in [9.17, 15) is 45.3 Å². The third-order valence-electron chi connectivity index (χ3n) is 12.0. The van der Waals surface area contributed by atoms with Crippen LogP contribution in [0.1, 0.15) is 168 Å². The number of carbonyl (C=O) groups excluding carboxylic acids is 2. The fourth-order valence-electron chi connectivity index (χ4n) is 7.69. The molecule has 15 nitrogen and oxygen atoms in total. The number of allylic oxidation sites excluding steroid dienone is 10. The van der Waals surface area contributed by atoms with Gasteiger partial charge in [-0.05, 0) is 70.6 Å². The van der Waals surface area contributed by atoms with Crippen LogP contribution in [0.5, 0.6) is 0 Å². The van der Waals surface area contributed by atoms with Crippen LogP contribution in [-0.2, 0) is 38.0 Å². The number of esters is 2. The van der Waals surface area contributed by atoms with E-state index in [1.54, 1.807) is 0 Å². The number of hydrogen-bond donors (Lipinski definition) is 7. The molecule has 0 aromatic rings. The molecular formula is C53H90O15. The first-order valence-electron chi connectivity index (χ1n) is 25.9. The lowest BCUT2D eigenvalue weighted by Crippen LogP contribution is -2.61. The van der Waals surface area contributed by atoms with Crippen LogP contribution in [0.2, 0.25) is 0 Å². The Bertz CT molecular complexity index is 1420. The van der Waals surface area contributed by atoms with Gasteiger partial charge in [0.15, 0.2) is 18.7 Å². The number of aliphatic hydroxyl groups is 7. The third kappa shape index (κ3) is 27.6. The third-order valence-corrected chi connectivity index (χ3v) is 12.0. The minimum Gasteiger partial charge on any atom is -0.462 e. The molecule has 2 rings (SSSR count). The molecule has 0 aromatic heterocycles. The van der Waals surface area contributed by atoms with E-state index in [2.05, 4.69) is 68.5 Å². The molecule has 2 aliphatic rings. The van der Waals surface area contributed by atoms with Gasteiger partial charge < -0.3 is 64.2 Å². The highest BCUT2D eigenvalue weighted by Gasteiger charge is 2.47. The first kappa shape index (κ1) is 61.3. The van der Waals surface area contributed by atoms with Crippen LogP contribution in [-0.4, -0.2) is 142 Å². The summed E-state index contributed by atoms with van der Waals surface area (Å²) in [5.74, 6) is -1.01. The van der Waals surface area contributed by atoms with Gasteiger partial charge in [0.05, 0.1) is 19.8 Å². The summed E-state index contributed by atoms with van der Waals surface area (Å²) in [7, 11) is 0. The number of hydrogen-bond acceptors (Lipinski definition) is 15. The second-order valence-corrected chi connectivity index (χ2v) is 18.0. The summed E-state index contributed by atoms with van der Waals surface area (Å²) in [4.78, 5) is 25.7. The van der Waals surface area contributed by atoms with E-state index in [4.69, 9.17) is 28.4 Å². The van der Waals surface area contributed by atoms with E-state index in [0.717, 1.165) is 57.8 Å². The predicted octanol–water partition coefficient (Wildman–Crippen LogP) is 7.27. The van der Waals surface area contributed by atoms with Gasteiger partial charge in [-0.2, -0.15) is 0 Å². The van der Waals surface area contributed by atoms with E-state index in [0.29, 0.717) is 19.3 Å². The zero-order chi connectivity index (χ0) is 49.6. The lowest BCUT2D eigenvalue weighted by Gasteiger charge is -2.42. The summed E-state index contributed by atoms with van der Waals surface area (Å²) in [6, 6.07) is 0. The van der Waals surface area contributed by atoms with E-state index in [1.165, 1.54) is 64.2 Å². The molecule has 2 fully saturated rings. The van der Waals surface area contributed by atoms with Gasteiger partial charge >= 0.3 is 11.9 Å². The van der Waals surface area contributed by atoms with Crippen LogP contribution >= 0.6 is 0 Å². The molecule has 68 heavy (non-hydrogen) atoms. The first-order valence-corrected chi connectivity index (χ1v) is 25.9. The van der Waals surface area contributed by atoms with Crippen LogP contribution < -0.4 is 0 Å². The Morgan fingerprint density at radius 2 is 0.941 bits per heavy atom. The van der Waals surface area contributed by atoms with Crippen molar-refractivity contribution in [3.63, 3.8) is 0 Å². The van der Waals surface area contributed by atoms with Gasteiger partial charge in [0.1, 0.15) is 55.4 Å². The Morgan fingerprint density at radius 3 is 1.53 bits per heavy atom. The van der Waals surface area contributed by atoms with Crippen molar-refractivity contribution in [1.29, 1.82) is 0 Å². The first-order chi connectivity index (χ1) is 33.0.